The van der Waals surface area contributed by atoms with Crippen molar-refractivity contribution in [2.45, 2.75) is 26.2 Å². The third-order valence-corrected chi connectivity index (χ3v) is 4.24. The maximum absolute atomic E-state index is 5.69. The summed E-state index contributed by atoms with van der Waals surface area (Å²) in [4.78, 5) is 6.85. The molecule has 1 heterocycles. The third-order valence-electron chi connectivity index (χ3n) is 4.24. The van der Waals surface area contributed by atoms with E-state index in [0.29, 0.717) is 12.5 Å². The molecule has 0 spiro atoms. The van der Waals surface area contributed by atoms with E-state index in [2.05, 4.69) is 27.4 Å². The molecule has 2 N–H and O–H groups in total. The molecule has 0 saturated carbocycles. The van der Waals surface area contributed by atoms with Crippen LogP contribution in [0.15, 0.2) is 35.3 Å². The Hall–Kier alpha value is -1.75. The molecule has 1 atom stereocenters. The van der Waals surface area contributed by atoms with Crippen molar-refractivity contribution in [2.24, 2.45) is 10.9 Å². The van der Waals surface area contributed by atoms with E-state index >= 15 is 0 Å². The molecule has 2 rings (SSSR count). The molecule has 1 aromatic rings. The Labute approximate surface area is 146 Å². The van der Waals surface area contributed by atoms with Crippen LogP contribution in [0.3, 0.4) is 0 Å². The molecule has 1 aliphatic heterocycles. The van der Waals surface area contributed by atoms with E-state index in [0.717, 1.165) is 31.2 Å². The number of guanidine groups is 1. The number of hydrogen-bond donors (Lipinski definition) is 2. The van der Waals surface area contributed by atoms with Crippen molar-refractivity contribution in [3.63, 3.8) is 0 Å². The highest BCUT2D eigenvalue weighted by molar-refractivity contribution is 5.79. The number of rotatable bonds is 9. The first-order valence-corrected chi connectivity index (χ1v) is 9.12. The molecule has 1 fully saturated rings. The first-order chi connectivity index (χ1) is 11.8. The van der Waals surface area contributed by atoms with Crippen molar-refractivity contribution >= 4 is 5.96 Å². The lowest BCUT2D eigenvalue weighted by Gasteiger charge is -2.21. The van der Waals surface area contributed by atoms with Gasteiger partial charge in [-0.15, -0.1) is 0 Å². The van der Waals surface area contributed by atoms with Crippen LogP contribution in [0.1, 0.15) is 26.2 Å². The van der Waals surface area contributed by atoms with Crippen LogP contribution in [-0.4, -0.2) is 57.2 Å². The highest BCUT2D eigenvalue weighted by atomic mass is 16.5. The number of nitrogens with one attached hydrogen (secondary N) is 2. The minimum Gasteiger partial charge on any atom is -0.494 e. The van der Waals surface area contributed by atoms with Crippen LogP contribution < -0.4 is 15.4 Å². The number of hydrogen-bond acceptors (Lipinski definition) is 3. The van der Waals surface area contributed by atoms with Gasteiger partial charge in [-0.1, -0.05) is 25.1 Å². The summed E-state index contributed by atoms with van der Waals surface area (Å²) >= 11 is 0. The van der Waals surface area contributed by atoms with E-state index in [1.807, 2.05) is 37.4 Å². The first-order valence-electron chi connectivity index (χ1n) is 9.12. The van der Waals surface area contributed by atoms with Gasteiger partial charge in [0.1, 0.15) is 5.75 Å². The quantitative estimate of drug-likeness (QED) is 0.414. The molecule has 134 valence electrons. The van der Waals surface area contributed by atoms with E-state index in [9.17, 15) is 0 Å². The highest BCUT2D eigenvalue weighted by Gasteiger charge is 2.14. The van der Waals surface area contributed by atoms with Crippen molar-refractivity contribution in [1.29, 1.82) is 0 Å². The number of benzene rings is 1. The van der Waals surface area contributed by atoms with Crippen LogP contribution in [0.5, 0.6) is 5.75 Å². The molecular formula is C19H32N4O. The van der Waals surface area contributed by atoms with Gasteiger partial charge >= 0.3 is 0 Å². The number of para-hydroxylation sites is 1. The zero-order valence-electron chi connectivity index (χ0n) is 15.1. The van der Waals surface area contributed by atoms with Gasteiger partial charge in [0, 0.05) is 26.7 Å². The van der Waals surface area contributed by atoms with Crippen LogP contribution in [0, 0.1) is 5.92 Å². The Morgan fingerprint density at radius 1 is 1.21 bits per heavy atom. The summed E-state index contributed by atoms with van der Waals surface area (Å²) in [6.07, 6.45) is 3.65. The summed E-state index contributed by atoms with van der Waals surface area (Å²) in [7, 11) is 1.82. The van der Waals surface area contributed by atoms with Crippen LogP contribution in [0.2, 0.25) is 0 Å². The minimum absolute atomic E-state index is 0.628. The summed E-state index contributed by atoms with van der Waals surface area (Å²) < 4.78 is 5.69. The van der Waals surface area contributed by atoms with Crippen molar-refractivity contribution in [2.75, 3.05) is 46.4 Å². The molecule has 0 bridgehead atoms. The number of nitrogens with zero attached hydrogens (tertiary/aromatic N) is 2. The molecule has 0 radical (unpaired) electrons. The predicted molar refractivity (Wildman–Crippen MR) is 101 cm³/mol. The van der Waals surface area contributed by atoms with Gasteiger partial charge in [-0.2, -0.15) is 0 Å². The Balaban J connectivity index is 1.53. The Morgan fingerprint density at radius 2 is 1.96 bits per heavy atom. The lowest BCUT2D eigenvalue weighted by molar-refractivity contribution is 0.287. The predicted octanol–water partition coefficient (Wildman–Crippen LogP) is 2.35. The van der Waals surface area contributed by atoms with E-state index < -0.39 is 0 Å². The third kappa shape index (κ3) is 7.21. The number of likely N-dealkylation sites (tertiary alicyclic amines) is 1. The number of aliphatic imine (C=N–C) groups is 1. The lowest BCUT2D eigenvalue weighted by Crippen LogP contribution is -2.41. The van der Waals surface area contributed by atoms with Crippen molar-refractivity contribution in [3.8, 4) is 5.75 Å². The largest absolute Gasteiger partial charge is 0.494 e. The van der Waals surface area contributed by atoms with Gasteiger partial charge in [0.05, 0.1) is 6.61 Å². The standard InChI is InChI=1S/C19H32N4O/c1-17(16-23-12-6-7-13-23)15-22-19(20-2)21-11-8-14-24-18-9-4-3-5-10-18/h3-5,9-10,17H,6-8,11-16H2,1-2H3,(H2,20,21,22). The van der Waals surface area contributed by atoms with Crippen molar-refractivity contribution in [3.05, 3.63) is 30.3 Å². The molecule has 1 aromatic carbocycles. The molecule has 1 saturated heterocycles. The topological polar surface area (TPSA) is 48.9 Å². The normalized spacial score (nSPS) is 16.8. The summed E-state index contributed by atoms with van der Waals surface area (Å²) in [5.74, 6) is 2.43. The molecule has 24 heavy (non-hydrogen) atoms. The second-order valence-corrected chi connectivity index (χ2v) is 6.51. The van der Waals surface area contributed by atoms with Crippen molar-refractivity contribution < 1.29 is 4.74 Å². The molecule has 0 aromatic heterocycles. The molecule has 1 unspecified atom stereocenters. The monoisotopic (exact) mass is 332 g/mol. The maximum Gasteiger partial charge on any atom is 0.190 e. The second kappa shape index (κ2) is 10.9. The van der Waals surface area contributed by atoms with E-state index in [4.69, 9.17) is 4.74 Å². The molecular weight excluding hydrogens is 300 g/mol. The summed E-state index contributed by atoms with van der Waals surface area (Å²) in [6, 6.07) is 9.94. The average Bonchev–Trinajstić information content (AvgIpc) is 3.11. The first kappa shape index (κ1) is 18.6. The summed E-state index contributed by atoms with van der Waals surface area (Å²) in [5.41, 5.74) is 0. The van der Waals surface area contributed by atoms with Crippen LogP contribution in [0.25, 0.3) is 0 Å². The zero-order valence-corrected chi connectivity index (χ0v) is 15.1. The highest BCUT2D eigenvalue weighted by Crippen LogP contribution is 2.10. The van der Waals surface area contributed by atoms with Crippen molar-refractivity contribution in [1.82, 2.24) is 15.5 Å². The Morgan fingerprint density at radius 3 is 2.67 bits per heavy atom. The molecule has 1 aliphatic rings. The zero-order chi connectivity index (χ0) is 17.0. The fourth-order valence-corrected chi connectivity index (χ4v) is 2.95. The summed E-state index contributed by atoms with van der Waals surface area (Å²) in [5, 5.41) is 6.77. The van der Waals surface area contributed by atoms with Gasteiger partial charge in [-0.25, -0.2) is 0 Å². The Bertz CT molecular complexity index is 472. The lowest BCUT2D eigenvalue weighted by atomic mass is 10.1. The SMILES string of the molecule is CN=C(NCCCOc1ccccc1)NCC(C)CN1CCCC1. The van der Waals surface area contributed by atoms with Gasteiger partial charge in [-0.05, 0) is 50.4 Å². The Kier molecular flexibility index (Phi) is 8.46. The summed E-state index contributed by atoms with van der Waals surface area (Å²) in [6.45, 7) is 8.52. The number of ether oxygens (including phenoxy) is 1. The smallest absolute Gasteiger partial charge is 0.190 e. The van der Waals surface area contributed by atoms with Gasteiger partial charge in [0.2, 0.25) is 0 Å². The maximum atomic E-state index is 5.69. The van der Waals surface area contributed by atoms with Gasteiger partial charge < -0.3 is 20.3 Å². The van der Waals surface area contributed by atoms with Crippen LogP contribution in [0.4, 0.5) is 0 Å². The van der Waals surface area contributed by atoms with E-state index in [1.165, 1.54) is 32.5 Å². The van der Waals surface area contributed by atoms with Gasteiger partial charge in [0.15, 0.2) is 5.96 Å². The second-order valence-electron chi connectivity index (χ2n) is 6.51. The van der Waals surface area contributed by atoms with Crippen LogP contribution in [-0.2, 0) is 0 Å². The van der Waals surface area contributed by atoms with E-state index in [-0.39, 0.29) is 0 Å². The van der Waals surface area contributed by atoms with Gasteiger partial charge in [-0.3, -0.25) is 4.99 Å². The molecule has 5 heteroatoms. The van der Waals surface area contributed by atoms with Crippen LogP contribution >= 0.6 is 0 Å². The fourth-order valence-electron chi connectivity index (χ4n) is 2.95. The fraction of sp³-hybridized carbons (Fsp3) is 0.632. The molecule has 0 amide bonds. The average molecular weight is 332 g/mol. The molecule has 0 aliphatic carbocycles. The molecule has 5 nitrogen and oxygen atoms in total. The van der Waals surface area contributed by atoms with E-state index in [1.54, 1.807) is 0 Å². The van der Waals surface area contributed by atoms with Gasteiger partial charge in [0.25, 0.3) is 0 Å². The minimum atomic E-state index is 0.628.